The van der Waals surface area contributed by atoms with E-state index in [2.05, 4.69) is 26.0 Å². The van der Waals surface area contributed by atoms with Gasteiger partial charge in [0.05, 0.1) is 11.8 Å². The summed E-state index contributed by atoms with van der Waals surface area (Å²) in [5.74, 6) is -0.339. The van der Waals surface area contributed by atoms with Gasteiger partial charge in [0.25, 0.3) is 0 Å². The largest absolute Gasteiger partial charge is 0.431 e. The Hall–Kier alpha value is -2.09. The molecule has 0 heterocycles. The van der Waals surface area contributed by atoms with Crippen LogP contribution in [0.15, 0.2) is 66.0 Å². The van der Waals surface area contributed by atoms with Gasteiger partial charge in [-0.1, -0.05) is 41.5 Å². The molecule has 0 atom stereocenters. The number of carbonyl (C=O) groups is 1. The van der Waals surface area contributed by atoms with E-state index in [9.17, 15) is 4.79 Å². The molecule has 1 aromatic carbocycles. The number of hydrogen-bond acceptors (Lipinski definition) is 2. The monoisotopic (exact) mass is 256 g/mol. The SMILES string of the molecule is CC(C)=CCC=C(C)C=COC(=O)c1ccccc1. The van der Waals surface area contributed by atoms with E-state index in [4.69, 9.17) is 4.74 Å². The molecular formula is C17H20O2. The summed E-state index contributed by atoms with van der Waals surface area (Å²) in [6.45, 7) is 6.12. The van der Waals surface area contributed by atoms with Crippen molar-refractivity contribution in [2.24, 2.45) is 0 Å². The minimum absolute atomic E-state index is 0.339. The van der Waals surface area contributed by atoms with Gasteiger partial charge in [-0.25, -0.2) is 4.79 Å². The third-order valence-corrected chi connectivity index (χ3v) is 2.48. The molecule has 1 aromatic rings. The molecule has 0 fully saturated rings. The van der Waals surface area contributed by atoms with Crippen molar-refractivity contribution in [3.8, 4) is 0 Å². The lowest BCUT2D eigenvalue weighted by Crippen LogP contribution is -1.99. The molecule has 0 N–H and O–H groups in total. The minimum Gasteiger partial charge on any atom is -0.431 e. The fraction of sp³-hybridized carbons (Fsp3) is 0.235. The zero-order valence-electron chi connectivity index (χ0n) is 11.7. The molecule has 0 aliphatic heterocycles. The first kappa shape index (κ1) is 15.0. The molecule has 2 nitrogen and oxygen atoms in total. The Bertz CT molecular complexity index is 489. The number of rotatable bonds is 5. The third kappa shape index (κ3) is 6.41. The van der Waals surface area contributed by atoms with Crippen LogP contribution in [0.25, 0.3) is 0 Å². The zero-order valence-corrected chi connectivity index (χ0v) is 11.7. The lowest BCUT2D eigenvalue weighted by atomic mass is 10.2. The fourth-order valence-electron chi connectivity index (χ4n) is 1.39. The predicted octanol–water partition coefficient (Wildman–Crippen LogP) is 4.66. The minimum atomic E-state index is -0.339. The molecule has 1 rings (SSSR count). The van der Waals surface area contributed by atoms with E-state index in [-0.39, 0.29) is 5.97 Å². The van der Waals surface area contributed by atoms with Crippen LogP contribution in [0.5, 0.6) is 0 Å². The normalized spacial score (nSPS) is 11.4. The molecule has 0 spiro atoms. The predicted molar refractivity (Wildman–Crippen MR) is 78.8 cm³/mol. The average molecular weight is 256 g/mol. The Kier molecular flexibility index (Phi) is 6.37. The molecular weight excluding hydrogens is 236 g/mol. The highest BCUT2D eigenvalue weighted by Gasteiger charge is 2.02. The Morgan fingerprint density at radius 1 is 1.11 bits per heavy atom. The van der Waals surface area contributed by atoms with Gasteiger partial charge in [-0.3, -0.25) is 0 Å². The Morgan fingerprint density at radius 2 is 1.79 bits per heavy atom. The molecule has 0 amide bonds. The first-order valence-electron chi connectivity index (χ1n) is 6.32. The molecule has 0 bridgehead atoms. The van der Waals surface area contributed by atoms with Crippen LogP contribution in [-0.2, 0) is 4.74 Å². The first-order valence-corrected chi connectivity index (χ1v) is 6.32. The van der Waals surface area contributed by atoms with E-state index in [1.165, 1.54) is 11.8 Å². The summed E-state index contributed by atoms with van der Waals surface area (Å²) in [6, 6.07) is 8.94. The van der Waals surface area contributed by atoms with Gasteiger partial charge in [0.2, 0.25) is 0 Å². The second-order valence-corrected chi connectivity index (χ2v) is 4.54. The number of esters is 1. The molecule has 2 heteroatoms. The first-order chi connectivity index (χ1) is 9.09. The van der Waals surface area contributed by atoms with Crippen molar-refractivity contribution in [1.29, 1.82) is 0 Å². The molecule has 0 aliphatic rings. The fourth-order valence-corrected chi connectivity index (χ4v) is 1.39. The summed E-state index contributed by atoms with van der Waals surface area (Å²) in [7, 11) is 0. The summed E-state index contributed by atoms with van der Waals surface area (Å²) in [5.41, 5.74) is 2.92. The highest BCUT2D eigenvalue weighted by atomic mass is 16.5. The third-order valence-electron chi connectivity index (χ3n) is 2.48. The van der Waals surface area contributed by atoms with Gasteiger partial charge in [-0.2, -0.15) is 0 Å². The number of allylic oxidation sites excluding steroid dienone is 5. The number of benzene rings is 1. The van der Waals surface area contributed by atoms with Crippen molar-refractivity contribution in [1.82, 2.24) is 0 Å². The van der Waals surface area contributed by atoms with Crippen LogP contribution >= 0.6 is 0 Å². The van der Waals surface area contributed by atoms with Crippen LogP contribution in [0.3, 0.4) is 0 Å². The second-order valence-electron chi connectivity index (χ2n) is 4.54. The van der Waals surface area contributed by atoms with Crippen molar-refractivity contribution in [3.05, 3.63) is 71.5 Å². The van der Waals surface area contributed by atoms with Gasteiger partial charge in [-0.15, -0.1) is 0 Å². The van der Waals surface area contributed by atoms with Crippen LogP contribution in [-0.4, -0.2) is 5.97 Å². The van der Waals surface area contributed by atoms with Crippen molar-refractivity contribution in [3.63, 3.8) is 0 Å². The maximum atomic E-state index is 11.6. The quantitative estimate of drug-likeness (QED) is 0.331. The van der Waals surface area contributed by atoms with Crippen LogP contribution in [0, 0.1) is 0 Å². The average Bonchev–Trinajstić information content (AvgIpc) is 2.39. The van der Waals surface area contributed by atoms with Gasteiger partial charge in [0, 0.05) is 0 Å². The van der Waals surface area contributed by atoms with E-state index < -0.39 is 0 Å². The van der Waals surface area contributed by atoms with Gasteiger partial charge < -0.3 is 4.74 Å². The summed E-state index contributed by atoms with van der Waals surface area (Å²) in [5, 5.41) is 0. The van der Waals surface area contributed by atoms with E-state index in [0.717, 1.165) is 12.0 Å². The maximum absolute atomic E-state index is 11.6. The lowest BCUT2D eigenvalue weighted by molar-refractivity contribution is 0.0663. The highest BCUT2D eigenvalue weighted by Crippen LogP contribution is 2.04. The number of ether oxygens (including phenoxy) is 1. The summed E-state index contributed by atoms with van der Waals surface area (Å²) >= 11 is 0. The molecule has 0 saturated carbocycles. The maximum Gasteiger partial charge on any atom is 0.342 e. The number of carbonyl (C=O) groups excluding carboxylic acids is 1. The summed E-state index contributed by atoms with van der Waals surface area (Å²) < 4.78 is 5.05. The molecule has 0 unspecified atom stereocenters. The van der Waals surface area contributed by atoms with Gasteiger partial charge in [0.15, 0.2) is 0 Å². The van der Waals surface area contributed by atoms with Gasteiger partial charge in [-0.05, 0) is 45.4 Å². The highest BCUT2D eigenvalue weighted by molar-refractivity contribution is 5.89. The van der Waals surface area contributed by atoms with Crippen molar-refractivity contribution in [2.75, 3.05) is 0 Å². The van der Waals surface area contributed by atoms with E-state index >= 15 is 0 Å². The molecule has 0 aliphatic carbocycles. The molecule has 0 saturated heterocycles. The zero-order chi connectivity index (χ0) is 14.1. The topological polar surface area (TPSA) is 26.3 Å². The molecule has 0 radical (unpaired) electrons. The van der Waals surface area contributed by atoms with Crippen LogP contribution in [0.2, 0.25) is 0 Å². The number of hydrogen-bond donors (Lipinski definition) is 0. The second kappa shape index (κ2) is 8.09. The van der Waals surface area contributed by atoms with Crippen LogP contribution in [0.1, 0.15) is 37.6 Å². The van der Waals surface area contributed by atoms with Gasteiger partial charge >= 0.3 is 5.97 Å². The standard InChI is InChI=1S/C17H20O2/c1-14(2)8-7-9-15(3)12-13-19-17(18)16-10-5-4-6-11-16/h4-6,8-13H,7H2,1-3H3. The molecule has 0 aromatic heterocycles. The van der Waals surface area contributed by atoms with Crippen LogP contribution < -0.4 is 0 Å². The van der Waals surface area contributed by atoms with Crippen molar-refractivity contribution < 1.29 is 9.53 Å². The van der Waals surface area contributed by atoms with Crippen LogP contribution in [0.4, 0.5) is 0 Å². The summed E-state index contributed by atoms with van der Waals surface area (Å²) in [4.78, 5) is 11.6. The van der Waals surface area contributed by atoms with E-state index in [1.54, 1.807) is 18.2 Å². The molecule has 100 valence electrons. The van der Waals surface area contributed by atoms with Crippen molar-refractivity contribution in [2.45, 2.75) is 27.2 Å². The Morgan fingerprint density at radius 3 is 2.42 bits per heavy atom. The Labute approximate surface area is 115 Å². The Balaban J connectivity index is 2.46. The van der Waals surface area contributed by atoms with E-state index in [1.807, 2.05) is 25.1 Å². The molecule has 19 heavy (non-hydrogen) atoms. The van der Waals surface area contributed by atoms with E-state index in [0.29, 0.717) is 5.56 Å². The van der Waals surface area contributed by atoms with Gasteiger partial charge in [0.1, 0.15) is 0 Å². The summed E-state index contributed by atoms with van der Waals surface area (Å²) in [6.07, 6.45) is 8.35. The van der Waals surface area contributed by atoms with Crippen molar-refractivity contribution >= 4 is 5.97 Å². The smallest absolute Gasteiger partial charge is 0.342 e. The lowest BCUT2D eigenvalue weighted by Gasteiger charge is -1.98.